The third kappa shape index (κ3) is 3.14. The SMILES string of the molecule is Nc1cc(F)c(Cl)cc1NCCc1ccccc1. The van der Waals surface area contributed by atoms with Gasteiger partial charge in [-0.1, -0.05) is 41.9 Å². The van der Waals surface area contributed by atoms with Crippen molar-refractivity contribution in [3.05, 3.63) is 58.9 Å². The Bertz CT molecular complexity index is 529. The Morgan fingerprint density at radius 1 is 1.17 bits per heavy atom. The zero-order valence-corrected chi connectivity index (χ0v) is 10.5. The molecular formula is C14H14ClFN2. The van der Waals surface area contributed by atoms with Gasteiger partial charge in [0.15, 0.2) is 0 Å². The van der Waals surface area contributed by atoms with Crippen LogP contribution in [0.1, 0.15) is 5.56 Å². The van der Waals surface area contributed by atoms with Crippen LogP contribution in [0.5, 0.6) is 0 Å². The second-order valence-corrected chi connectivity index (χ2v) is 4.42. The van der Waals surface area contributed by atoms with Crippen LogP contribution >= 0.6 is 11.6 Å². The van der Waals surface area contributed by atoms with Crippen molar-refractivity contribution >= 4 is 23.0 Å². The summed E-state index contributed by atoms with van der Waals surface area (Å²) < 4.78 is 13.1. The molecule has 3 N–H and O–H groups in total. The fraction of sp³-hybridized carbons (Fsp3) is 0.143. The van der Waals surface area contributed by atoms with Gasteiger partial charge in [0.1, 0.15) is 5.82 Å². The molecular weight excluding hydrogens is 251 g/mol. The van der Waals surface area contributed by atoms with Gasteiger partial charge in [0, 0.05) is 12.6 Å². The van der Waals surface area contributed by atoms with Gasteiger partial charge in [-0.3, -0.25) is 0 Å². The fourth-order valence-electron chi connectivity index (χ4n) is 1.70. The summed E-state index contributed by atoms with van der Waals surface area (Å²) >= 11 is 5.71. The predicted octanol–water partition coefficient (Wildman–Crippen LogP) is 3.72. The minimum atomic E-state index is -0.497. The largest absolute Gasteiger partial charge is 0.397 e. The lowest BCUT2D eigenvalue weighted by Gasteiger charge is -2.10. The van der Waals surface area contributed by atoms with Crippen molar-refractivity contribution in [2.45, 2.75) is 6.42 Å². The molecule has 94 valence electrons. The maximum absolute atomic E-state index is 13.1. The van der Waals surface area contributed by atoms with E-state index in [2.05, 4.69) is 17.4 Å². The lowest BCUT2D eigenvalue weighted by molar-refractivity contribution is 0.629. The van der Waals surface area contributed by atoms with E-state index in [9.17, 15) is 4.39 Å². The molecule has 2 aromatic rings. The molecule has 0 radical (unpaired) electrons. The summed E-state index contributed by atoms with van der Waals surface area (Å²) in [7, 11) is 0. The standard InChI is InChI=1S/C14H14ClFN2/c15-11-8-14(13(17)9-12(11)16)18-7-6-10-4-2-1-3-5-10/h1-5,8-9,18H,6-7,17H2. The lowest BCUT2D eigenvalue weighted by atomic mass is 10.1. The first kappa shape index (κ1) is 12.7. The van der Waals surface area contributed by atoms with Crippen LogP contribution in [0.15, 0.2) is 42.5 Å². The normalized spacial score (nSPS) is 10.3. The Morgan fingerprint density at radius 2 is 1.89 bits per heavy atom. The number of rotatable bonds is 4. The van der Waals surface area contributed by atoms with Gasteiger partial charge in [0.05, 0.1) is 16.4 Å². The first-order valence-corrected chi connectivity index (χ1v) is 6.07. The van der Waals surface area contributed by atoms with Gasteiger partial charge in [0.25, 0.3) is 0 Å². The highest BCUT2D eigenvalue weighted by Crippen LogP contribution is 2.26. The van der Waals surface area contributed by atoms with Crippen molar-refractivity contribution in [1.29, 1.82) is 0 Å². The molecule has 0 bridgehead atoms. The van der Waals surface area contributed by atoms with Crippen LogP contribution < -0.4 is 11.1 Å². The smallest absolute Gasteiger partial charge is 0.143 e. The molecule has 2 rings (SSSR count). The van der Waals surface area contributed by atoms with Crippen LogP contribution in [0.2, 0.25) is 5.02 Å². The highest BCUT2D eigenvalue weighted by molar-refractivity contribution is 6.31. The first-order valence-electron chi connectivity index (χ1n) is 5.69. The van der Waals surface area contributed by atoms with Crippen LogP contribution in [0.4, 0.5) is 15.8 Å². The van der Waals surface area contributed by atoms with E-state index in [4.69, 9.17) is 17.3 Å². The molecule has 2 nitrogen and oxygen atoms in total. The third-order valence-electron chi connectivity index (χ3n) is 2.66. The molecule has 4 heteroatoms. The van der Waals surface area contributed by atoms with E-state index in [0.29, 0.717) is 11.4 Å². The minimum absolute atomic E-state index is 0.0754. The van der Waals surface area contributed by atoms with Crippen LogP contribution in [-0.4, -0.2) is 6.54 Å². The molecule has 0 saturated carbocycles. The van der Waals surface area contributed by atoms with Gasteiger partial charge in [0.2, 0.25) is 0 Å². The molecule has 0 fully saturated rings. The highest BCUT2D eigenvalue weighted by atomic mass is 35.5. The molecule has 0 spiro atoms. The summed E-state index contributed by atoms with van der Waals surface area (Å²) in [6.07, 6.45) is 0.870. The number of anilines is 2. The first-order chi connectivity index (χ1) is 8.66. The van der Waals surface area contributed by atoms with Crippen molar-refractivity contribution in [3.8, 4) is 0 Å². The van der Waals surface area contributed by atoms with Crippen LogP contribution in [0, 0.1) is 5.82 Å². The van der Waals surface area contributed by atoms with Gasteiger partial charge >= 0.3 is 0 Å². The van der Waals surface area contributed by atoms with E-state index in [1.165, 1.54) is 17.7 Å². The molecule has 0 aromatic heterocycles. The molecule has 0 aliphatic rings. The van der Waals surface area contributed by atoms with Crippen molar-refractivity contribution in [2.75, 3.05) is 17.6 Å². The average molecular weight is 265 g/mol. The van der Waals surface area contributed by atoms with Crippen molar-refractivity contribution in [3.63, 3.8) is 0 Å². The minimum Gasteiger partial charge on any atom is -0.397 e. The molecule has 0 aliphatic heterocycles. The van der Waals surface area contributed by atoms with Crippen LogP contribution in [0.3, 0.4) is 0 Å². The summed E-state index contributed by atoms with van der Waals surface area (Å²) in [5.41, 5.74) is 7.97. The van der Waals surface area contributed by atoms with Gasteiger partial charge < -0.3 is 11.1 Å². The molecule has 0 amide bonds. The Labute approximate surface area is 111 Å². The number of nitrogens with one attached hydrogen (secondary N) is 1. The highest BCUT2D eigenvalue weighted by Gasteiger charge is 2.05. The number of nitrogen functional groups attached to an aromatic ring is 1. The predicted molar refractivity (Wildman–Crippen MR) is 74.5 cm³/mol. The zero-order valence-electron chi connectivity index (χ0n) is 9.79. The van der Waals surface area contributed by atoms with Crippen molar-refractivity contribution in [2.24, 2.45) is 0 Å². The van der Waals surface area contributed by atoms with E-state index in [1.807, 2.05) is 18.2 Å². The number of hydrogen-bond acceptors (Lipinski definition) is 2. The molecule has 0 aliphatic carbocycles. The summed E-state index contributed by atoms with van der Waals surface area (Å²) in [5.74, 6) is -0.497. The van der Waals surface area contributed by atoms with Gasteiger partial charge in [-0.2, -0.15) is 0 Å². The van der Waals surface area contributed by atoms with Gasteiger partial charge in [-0.15, -0.1) is 0 Å². The zero-order chi connectivity index (χ0) is 13.0. The maximum atomic E-state index is 13.1. The van der Waals surface area contributed by atoms with Crippen LogP contribution in [-0.2, 0) is 6.42 Å². The number of benzene rings is 2. The molecule has 0 heterocycles. The Balaban J connectivity index is 1.97. The van der Waals surface area contributed by atoms with E-state index in [1.54, 1.807) is 0 Å². The summed E-state index contributed by atoms with van der Waals surface area (Å²) in [4.78, 5) is 0. The summed E-state index contributed by atoms with van der Waals surface area (Å²) in [6.45, 7) is 0.718. The van der Waals surface area contributed by atoms with Gasteiger partial charge in [-0.25, -0.2) is 4.39 Å². The van der Waals surface area contributed by atoms with E-state index >= 15 is 0 Å². The summed E-state index contributed by atoms with van der Waals surface area (Å²) in [6, 6.07) is 12.8. The number of nitrogens with two attached hydrogens (primary N) is 1. The fourth-order valence-corrected chi connectivity index (χ4v) is 1.87. The van der Waals surface area contributed by atoms with E-state index < -0.39 is 5.82 Å². The lowest BCUT2D eigenvalue weighted by Crippen LogP contribution is -2.07. The second kappa shape index (κ2) is 5.74. The van der Waals surface area contributed by atoms with Crippen LogP contribution in [0.25, 0.3) is 0 Å². The van der Waals surface area contributed by atoms with Crippen molar-refractivity contribution < 1.29 is 4.39 Å². The monoisotopic (exact) mass is 264 g/mol. The Kier molecular flexibility index (Phi) is 4.05. The summed E-state index contributed by atoms with van der Waals surface area (Å²) in [5, 5.41) is 3.23. The molecule has 0 unspecified atom stereocenters. The average Bonchev–Trinajstić information content (AvgIpc) is 2.37. The third-order valence-corrected chi connectivity index (χ3v) is 2.95. The molecule has 18 heavy (non-hydrogen) atoms. The molecule has 0 atom stereocenters. The van der Waals surface area contributed by atoms with E-state index in [0.717, 1.165) is 13.0 Å². The number of halogens is 2. The number of hydrogen-bond donors (Lipinski definition) is 2. The van der Waals surface area contributed by atoms with Gasteiger partial charge in [-0.05, 0) is 18.1 Å². The maximum Gasteiger partial charge on any atom is 0.143 e. The second-order valence-electron chi connectivity index (χ2n) is 4.02. The molecule has 0 saturated heterocycles. The van der Waals surface area contributed by atoms with E-state index in [-0.39, 0.29) is 5.02 Å². The Hall–Kier alpha value is -1.74. The Morgan fingerprint density at radius 3 is 2.61 bits per heavy atom. The molecule has 2 aromatic carbocycles. The van der Waals surface area contributed by atoms with Crippen molar-refractivity contribution in [1.82, 2.24) is 0 Å². The topological polar surface area (TPSA) is 38.0 Å². The quantitative estimate of drug-likeness (QED) is 0.826.